The second-order valence-electron chi connectivity index (χ2n) is 7.26. The number of aryl methyl sites for hydroxylation is 3. The Kier molecular flexibility index (Phi) is 6.48. The highest BCUT2D eigenvalue weighted by atomic mass is 32.2. The maximum Gasteiger partial charge on any atom is 0.231 e. The molecule has 0 aliphatic rings. The van der Waals surface area contributed by atoms with E-state index in [9.17, 15) is 4.79 Å². The summed E-state index contributed by atoms with van der Waals surface area (Å²) in [6.07, 6.45) is 0.266. The lowest BCUT2D eigenvalue weighted by Crippen LogP contribution is -2.14. The van der Waals surface area contributed by atoms with Gasteiger partial charge in [-0.25, -0.2) is 4.98 Å². The molecule has 0 aliphatic carbocycles. The van der Waals surface area contributed by atoms with Crippen molar-refractivity contribution in [3.05, 3.63) is 81.6 Å². The van der Waals surface area contributed by atoms with E-state index < -0.39 is 0 Å². The molecule has 1 amide bonds. The normalized spacial score (nSPS) is 10.9. The van der Waals surface area contributed by atoms with Gasteiger partial charge in [-0.1, -0.05) is 47.7 Å². The van der Waals surface area contributed by atoms with Crippen LogP contribution in [0.15, 0.2) is 59.1 Å². The van der Waals surface area contributed by atoms with Gasteiger partial charge < -0.3 is 5.32 Å². The molecule has 8 heteroatoms. The molecule has 6 nitrogen and oxygen atoms in total. The molecular formula is C23H23N5OS2. The predicted molar refractivity (Wildman–Crippen MR) is 126 cm³/mol. The summed E-state index contributed by atoms with van der Waals surface area (Å²) in [7, 11) is 0. The van der Waals surface area contributed by atoms with Crippen LogP contribution in [0.4, 0.5) is 5.69 Å². The van der Waals surface area contributed by atoms with Gasteiger partial charge in [0.15, 0.2) is 5.16 Å². The molecule has 0 aliphatic heterocycles. The molecule has 0 radical (unpaired) electrons. The van der Waals surface area contributed by atoms with Crippen molar-refractivity contribution in [2.75, 3.05) is 5.32 Å². The van der Waals surface area contributed by atoms with Crippen LogP contribution in [0.5, 0.6) is 0 Å². The van der Waals surface area contributed by atoms with Crippen LogP contribution in [0.1, 0.15) is 27.7 Å². The van der Waals surface area contributed by atoms with E-state index in [1.165, 1.54) is 16.9 Å². The summed E-state index contributed by atoms with van der Waals surface area (Å²) in [5, 5.41) is 15.2. The number of nitrogens with zero attached hydrogens (tertiary/aromatic N) is 4. The van der Waals surface area contributed by atoms with Crippen LogP contribution < -0.4 is 5.32 Å². The highest BCUT2D eigenvalue weighted by molar-refractivity contribution is 7.98. The topological polar surface area (TPSA) is 72.7 Å². The van der Waals surface area contributed by atoms with Gasteiger partial charge in [0.2, 0.25) is 5.91 Å². The molecule has 158 valence electrons. The second kappa shape index (κ2) is 9.45. The van der Waals surface area contributed by atoms with Crippen molar-refractivity contribution >= 4 is 34.7 Å². The smallest absolute Gasteiger partial charge is 0.231 e. The first-order chi connectivity index (χ1) is 15.0. The van der Waals surface area contributed by atoms with E-state index >= 15 is 0 Å². The average molecular weight is 450 g/mol. The van der Waals surface area contributed by atoms with Crippen molar-refractivity contribution in [3.8, 4) is 5.69 Å². The van der Waals surface area contributed by atoms with Crippen molar-refractivity contribution in [2.24, 2.45) is 0 Å². The first-order valence-electron chi connectivity index (χ1n) is 9.90. The number of nitrogens with one attached hydrogen (secondary N) is 1. The summed E-state index contributed by atoms with van der Waals surface area (Å²) < 4.78 is 2.07. The molecule has 4 aromatic rings. The zero-order chi connectivity index (χ0) is 21.8. The molecule has 0 unspecified atom stereocenters. The summed E-state index contributed by atoms with van der Waals surface area (Å²) in [5.41, 5.74) is 5.15. The van der Waals surface area contributed by atoms with Crippen LogP contribution in [0.3, 0.4) is 0 Å². The van der Waals surface area contributed by atoms with Gasteiger partial charge in [0, 0.05) is 16.8 Å². The minimum Gasteiger partial charge on any atom is -0.326 e. The fourth-order valence-electron chi connectivity index (χ4n) is 3.14. The molecule has 0 bridgehead atoms. The molecule has 2 heterocycles. The average Bonchev–Trinajstić information content (AvgIpc) is 3.34. The number of thioether (sulfide) groups is 1. The molecule has 1 N–H and O–H groups in total. The van der Waals surface area contributed by atoms with Crippen molar-refractivity contribution in [3.63, 3.8) is 0 Å². The summed E-state index contributed by atoms with van der Waals surface area (Å²) >= 11 is 3.10. The molecular weight excluding hydrogens is 426 g/mol. The third-order valence-corrected chi connectivity index (χ3v) is 6.61. The molecule has 0 spiro atoms. The van der Waals surface area contributed by atoms with Crippen LogP contribution >= 0.6 is 23.1 Å². The summed E-state index contributed by atoms with van der Waals surface area (Å²) in [5.74, 6) is 1.45. The van der Waals surface area contributed by atoms with Gasteiger partial charge in [-0.2, -0.15) is 0 Å². The molecule has 0 fully saturated rings. The Labute approximate surface area is 189 Å². The Hall–Kier alpha value is -2.97. The van der Waals surface area contributed by atoms with Gasteiger partial charge in [0.25, 0.3) is 0 Å². The van der Waals surface area contributed by atoms with E-state index in [1.807, 2.05) is 55.6 Å². The number of para-hydroxylation sites is 1. The van der Waals surface area contributed by atoms with Gasteiger partial charge in [-0.3, -0.25) is 9.36 Å². The fraction of sp³-hybridized carbons (Fsp3) is 0.217. The number of rotatable bonds is 7. The highest BCUT2D eigenvalue weighted by Crippen LogP contribution is 2.27. The molecule has 2 aromatic heterocycles. The Morgan fingerprint density at radius 3 is 2.61 bits per heavy atom. The molecule has 0 saturated heterocycles. The highest BCUT2D eigenvalue weighted by Gasteiger charge is 2.14. The Balaban J connectivity index is 1.39. The zero-order valence-corrected chi connectivity index (χ0v) is 19.3. The minimum absolute atomic E-state index is 0.0627. The van der Waals surface area contributed by atoms with Gasteiger partial charge >= 0.3 is 0 Å². The van der Waals surface area contributed by atoms with Crippen LogP contribution in [-0.2, 0) is 17.0 Å². The molecule has 31 heavy (non-hydrogen) atoms. The van der Waals surface area contributed by atoms with E-state index in [0.717, 1.165) is 38.6 Å². The van der Waals surface area contributed by atoms with Gasteiger partial charge in [-0.05, 0) is 44.5 Å². The lowest BCUT2D eigenvalue weighted by atomic mass is 10.2. The molecule has 0 saturated carbocycles. The third-order valence-electron chi connectivity index (χ3n) is 4.75. The standard InChI is InChI=1S/C23H23N5OS2/c1-15-8-10-18(11-9-15)24-21(29)12-22-25-19(13-30-22)14-31-23-27-26-17(3)28(23)20-7-5-4-6-16(20)2/h4-11,13H,12,14H2,1-3H3,(H,24,29). The number of hydrogen-bond acceptors (Lipinski definition) is 6. The largest absolute Gasteiger partial charge is 0.326 e. The maximum absolute atomic E-state index is 12.3. The van der Waals surface area contributed by atoms with E-state index in [4.69, 9.17) is 0 Å². The lowest BCUT2D eigenvalue weighted by molar-refractivity contribution is -0.115. The predicted octanol–water partition coefficient (Wildman–Crippen LogP) is 5.12. The minimum atomic E-state index is -0.0627. The summed E-state index contributed by atoms with van der Waals surface area (Å²) in [6, 6.07) is 16.0. The summed E-state index contributed by atoms with van der Waals surface area (Å²) in [6.45, 7) is 6.06. The zero-order valence-electron chi connectivity index (χ0n) is 17.6. The van der Waals surface area contributed by atoms with E-state index in [2.05, 4.69) is 44.1 Å². The Morgan fingerprint density at radius 2 is 1.84 bits per heavy atom. The molecule has 0 atom stereocenters. The fourth-order valence-corrected chi connectivity index (χ4v) is 4.92. The monoisotopic (exact) mass is 449 g/mol. The van der Waals surface area contributed by atoms with E-state index in [0.29, 0.717) is 5.75 Å². The number of carbonyl (C=O) groups excluding carboxylic acids is 1. The number of aromatic nitrogens is 4. The van der Waals surface area contributed by atoms with E-state index in [1.54, 1.807) is 11.8 Å². The number of anilines is 1. The summed E-state index contributed by atoms with van der Waals surface area (Å²) in [4.78, 5) is 16.9. The van der Waals surface area contributed by atoms with Crippen molar-refractivity contribution < 1.29 is 4.79 Å². The lowest BCUT2D eigenvalue weighted by Gasteiger charge is -2.10. The van der Waals surface area contributed by atoms with Crippen LogP contribution in [0, 0.1) is 20.8 Å². The van der Waals surface area contributed by atoms with Gasteiger partial charge in [-0.15, -0.1) is 21.5 Å². The quantitative estimate of drug-likeness (QED) is 0.396. The van der Waals surface area contributed by atoms with Gasteiger partial charge in [0.05, 0.1) is 17.8 Å². The van der Waals surface area contributed by atoms with Crippen LogP contribution in [0.2, 0.25) is 0 Å². The first-order valence-corrected chi connectivity index (χ1v) is 11.8. The third kappa shape index (κ3) is 5.21. The first kappa shape index (κ1) is 21.3. The number of carbonyl (C=O) groups is 1. The Bertz CT molecular complexity index is 1200. The second-order valence-corrected chi connectivity index (χ2v) is 9.15. The van der Waals surface area contributed by atoms with Crippen molar-refractivity contribution in [1.29, 1.82) is 0 Å². The van der Waals surface area contributed by atoms with Crippen molar-refractivity contribution in [2.45, 2.75) is 38.1 Å². The maximum atomic E-state index is 12.3. The van der Waals surface area contributed by atoms with E-state index in [-0.39, 0.29) is 12.3 Å². The number of amides is 1. The van der Waals surface area contributed by atoms with Crippen LogP contribution in [0.25, 0.3) is 5.69 Å². The number of benzene rings is 2. The Morgan fingerprint density at radius 1 is 1.06 bits per heavy atom. The number of hydrogen-bond donors (Lipinski definition) is 1. The van der Waals surface area contributed by atoms with Crippen LogP contribution in [-0.4, -0.2) is 25.7 Å². The van der Waals surface area contributed by atoms with Crippen molar-refractivity contribution in [1.82, 2.24) is 19.7 Å². The van der Waals surface area contributed by atoms with Gasteiger partial charge in [0.1, 0.15) is 10.8 Å². The SMILES string of the molecule is Cc1ccc(NC(=O)Cc2nc(CSc3nnc(C)n3-c3ccccc3C)cs2)cc1. The number of thiazole rings is 1. The molecule has 4 rings (SSSR count). The molecule has 2 aromatic carbocycles.